The first-order valence-electron chi connectivity index (χ1n) is 3.71. The zero-order valence-electron chi connectivity index (χ0n) is 7.17. The van der Waals surface area contributed by atoms with Crippen LogP contribution in [-0.2, 0) is 4.79 Å². The molecule has 0 radical (unpaired) electrons. The van der Waals surface area contributed by atoms with E-state index in [2.05, 4.69) is 18.7 Å². The number of rotatable bonds is 5. The molecule has 0 saturated carbocycles. The number of halogens is 1. The van der Waals surface area contributed by atoms with Crippen LogP contribution in [0.25, 0.3) is 0 Å². The van der Waals surface area contributed by atoms with Crippen molar-refractivity contribution in [3.8, 4) is 0 Å². The summed E-state index contributed by atoms with van der Waals surface area (Å²) in [5, 5.41) is 0. The van der Waals surface area contributed by atoms with E-state index in [4.69, 9.17) is 5.73 Å². The fraction of sp³-hybridized carbons (Fsp3) is 0.857. The lowest BCUT2D eigenvalue weighted by molar-refractivity contribution is -0.118. The van der Waals surface area contributed by atoms with Crippen LogP contribution in [-0.4, -0.2) is 30.4 Å². The Morgan fingerprint density at radius 3 is 2.09 bits per heavy atom. The number of primary amides is 1. The van der Waals surface area contributed by atoms with E-state index < -0.39 is 0 Å². The Balaban J connectivity index is 0. The largest absolute Gasteiger partial charge is 0.370 e. The minimum atomic E-state index is -0.216. The molecule has 0 aliphatic rings. The van der Waals surface area contributed by atoms with E-state index in [0.717, 1.165) is 19.6 Å². The molecule has 0 rings (SSSR count). The SMILES string of the molecule is CCN(CC)CCC(N)=O.Cl. The second-order valence-electron chi connectivity index (χ2n) is 2.24. The highest BCUT2D eigenvalue weighted by Crippen LogP contribution is 1.88. The molecule has 0 fully saturated rings. The summed E-state index contributed by atoms with van der Waals surface area (Å²) in [5.74, 6) is -0.216. The van der Waals surface area contributed by atoms with E-state index in [1.165, 1.54) is 0 Å². The van der Waals surface area contributed by atoms with Crippen LogP contribution in [0, 0.1) is 0 Å². The van der Waals surface area contributed by atoms with Gasteiger partial charge < -0.3 is 10.6 Å². The normalized spacial score (nSPS) is 9.36. The van der Waals surface area contributed by atoms with Gasteiger partial charge in [-0.2, -0.15) is 0 Å². The molecular formula is C7H17ClN2O. The van der Waals surface area contributed by atoms with Gasteiger partial charge in [0.1, 0.15) is 0 Å². The molecule has 11 heavy (non-hydrogen) atoms. The van der Waals surface area contributed by atoms with Gasteiger partial charge in [-0.1, -0.05) is 13.8 Å². The molecule has 0 unspecified atom stereocenters. The molecule has 0 aromatic heterocycles. The summed E-state index contributed by atoms with van der Waals surface area (Å²) < 4.78 is 0. The highest BCUT2D eigenvalue weighted by molar-refractivity contribution is 5.85. The second-order valence-corrected chi connectivity index (χ2v) is 2.24. The number of nitrogens with zero attached hydrogens (tertiary/aromatic N) is 1. The van der Waals surface area contributed by atoms with Crippen LogP contribution < -0.4 is 5.73 Å². The lowest BCUT2D eigenvalue weighted by atomic mass is 10.3. The fourth-order valence-electron chi connectivity index (χ4n) is 0.808. The molecule has 0 saturated heterocycles. The molecule has 0 aromatic carbocycles. The third kappa shape index (κ3) is 7.62. The molecule has 2 N–H and O–H groups in total. The van der Waals surface area contributed by atoms with E-state index in [9.17, 15) is 4.79 Å². The summed E-state index contributed by atoms with van der Waals surface area (Å²) in [6.07, 6.45) is 0.474. The number of nitrogens with two attached hydrogens (primary N) is 1. The van der Waals surface area contributed by atoms with Crippen molar-refractivity contribution in [3.63, 3.8) is 0 Å². The van der Waals surface area contributed by atoms with Crippen LogP contribution in [0.5, 0.6) is 0 Å². The van der Waals surface area contributed by atoms with Crippen LogP contribution in [0.15, 0.2) is 0 Å². The average molecular weight is 181 g/mol. The van der Waals surface area contributed by atoms with Crippen molar-refractivity contribution in [1.82, 2.24) is 4.90 Å². The van der Waals surface area contributed by atoms with Crippen molar-refractivity contribution in [1.29, 1.82) is 0 Å². The standard InChI is InChI=1S/C7H16N2O.ClH/c1-3-9(4-2)6-5-7(8)10;/h3-6H2,1-2H3,(H2,8,10);1H. The summed E-state index contributed by atoms with van der Waals surface area (Å²) in [6, 6.07) is 0. The molecule has 0 heterocycles. The van der Waals surface area contributed by atoms with Gasteiger partial charge in [-0.25, -0.2) is 0 Å². The predicted octanol–water partition coefficient (Wildman–Crippen LogP) is 0.625. The number of carbonyl (C=O) groups excluding carboxylic acids is 1. The molecule has 0 aliphatic carbocycles. The fourth-order valence-corrected chi connectivity index (χ4v) is 0.808. The molecule has 1 amide bonds. The predicted molar refractivity (Wildman–Crippen MR) is 48.8 cm³/mol. The van der Waals surface area contributed by atoms with E-state index in [-0.39, 0.29) is 18.3 Å². The molecule has 0 atom stereocenters. The van der Waals surface area contributed by atoms with Gasteiger partial charge in [0, 0.05) is 13.0 Å². The van der Waals surface area contributed by atoms with Crippen molar-refractivity contribution >= 4 is 18.3 Å². The molecular weight excluding hydrogens is 164 g/mol. The van der Waals surface area contributed by atoms with Crippen LogP contribution in [0.1, 0.15) is 20.3 Å². The monoisotopic (exact) mass is 180 g/mol. The number of hydrogen-bond acceptors (Lipinski definition) is 2. The van der Waals surface area contributed by atoms with Crippen LogP contribution >= 0.6 is 12.4 Å². The van der Waals surface area contributed by atoms with Gasteiger partial charge in [-0.05, 0) is 13.1 Å². The number of amides is 1. The molecule has 0 aliphatic heterocycles. The molecule has 0 aromatic rings. The minimum absolute atomic E-state index is 0. The van der Waals surface area contributed by atoms with Crippen LogP contribution in [0.4, 0.5) is 0 Å². The minimum Gasteiger partial charge on any atom is -0.370 e. The van der Waals surface area contributed by atoms with Crippen molar-refractivity contribution in [2.45, 2.75) is 20.3 Å². The van der Waals surface area contributed by atoms with Crippen molar-refractivity contribution in [2.24, 2.45) is 5.73 Å². The van der Waals surface area contributed by atoms with Gasteiger partial charge in [0.2, 0.25) is 5.91 Å². The van der Waals surface area contributed by atoms with Crippen LogP contribution in [0.3, 0.4) is 0 Å². The first kappa shape index (κ1) is 13.3. The van der Waals surface area contributed by atoms with E-state index in [1.54, 1.807) is 0 Å². The highest BCUT2D eigenvalue weighted by Gasteiger charge is 1.99. The maximum Gasteiger partial charge on any atom is 0.218 e. The van der Waals surface area contributed by atoms with Gasteiger partial charge in [-0.15, -0.1) is 12.4 Å². The first-order chi connectivity index (χ1) is 4.70. The summed E-state index contributed by atoms with van der Waals surface area (Å²) in [4.78, 5) is 12.5. The Labute approximate surface area is 74.3 Å². The first-order valence-corrected chi connectivity index (χ1v) is 3.71. The van der Waals surface area contributed by atoms with Gasteiger partial charge in [0.05, 0.1) is 0 Å². The van der Waals surface area contributed by atoms with E-state index >= 15 is 0 Å². The van der Waals surface area contributed by atoms with Crippen molar-refractivity contribution in [2.75, 3.05) is 19.6 Å². The van der Waals surface area contributed by atoms with Crippen LogP contribution in [0.2, 0.25) is 0 Å². The highest BCUT2D eigenvalue weighted by atomic mass is 35.5. The molecule has 3 nitrogen and oxygen atoms in total. The quantitative estimate of drug-likeness (QED) is 0.675. The Kier molecular flexibility index (Phi) is 9.47. The summed E-state index contributed by atoms with van der Waals surface area (Å²) in [5.41, 5.74) is 4.98. The number of hydrogen-bond donors (Lipinski definition) is 1. The van der Waals surface area contributed by atoms with Gasteiger partial charge in [0.25, 0.3) is 0 Å². The molecule has 68 valence electrons. The van der Waals surface area contributed by atoms with Gasteiger partial charge in [0.15, 0.2) is 0 Å². The molecule has 4 heteroatoms. The molecule has 0 bridgehead atoms. The Hall–Kier alpha value is -0.280. The topological polar surface area (TPSA) is 46.3 Å². The summed E-state index contributed by atoms with van der Waals surface area (Å²) >= 11 is 0. The third-order valence-electron chi connectivity index (χ3n) is 1.57. The summed E-state index contributed by atoms with van der Waals surface area (Å²) in [7, 11) is 0. The van der Waals surface area contributed by atoms with Crippen molar-refractivity contribution < 1.29 is 4.79 Å². The number of carbonyl (C=O) groups is 1. The van der Waals surface area contributed by atoms with Gasteiger partial charge in [-0.3, -0.25) is 4.79 Å². The van der Waals surface area contributed by atoms with Crippen molar-refractivity contribution in [3.05, 3.63) is 0 Å². The average Bonchev–Trinajstić information content (AvgIpc) is 1.90. The smallest absolute Gasteiger partial charge is 0.218 e. The Morgan fingerprint density at radius 1 is 1.36 bits per heavy atom. The zero-order chi connectivity index (χ0) is 7.98. The maximum absolute atomic E-state index is 10.3. The van der Waals surface area contributed by atoms with E-state index in [1.807, 2.05) is 0 Å². The second kappa shape index (κ2) is 7.82. The van der Waals surface area contributed by atoms with Gasteiger partial charge >= 0.3 is 0 Å². The Bertz CT molecular complexity index is 105. The lowest BCUT2D eigenvalue weighted by Gasteiger charge is -2.15. The maximum atomic E-state index is 10.3. The molecule has 0 spiro atoms. The Morgan fingerprint density at radius 2 is 1.82 bits per heavy atom. The zero-order valence-corrected chi connectivity index (χ0v) is 7.99. The lowest BCUT2D eigenvalue weighted by Crippen LogP contribution is -2.27. The summed E-state index contributed by atoms with van der Waals surface area (Å²) in [6.45, 7) is 6.92. The third-order valence-corrected chi connectivity index (χ3v) is 1.57. The van der Waals surface area contributed by atoms with E-state index in [0.29, 0.717) is 6.42 Å².